The van der Waals surface area contributed by atoms with Gasteiger partial charge in [-0.1, -0.05) is 204 Å². The summed E-state index contributed by atoms with van der Waals surface area (Å²) in [6.07, 6.45) is 49.6. The van der Waals surface area contributed by atoms with Gasteiger partial charge in [0.2, 0.25) is 0 Å². The Labute approximate surface area is 373 Å². The van der Waals surface area contributed by atoms with Crippen molar-refractivity contribution in [3.63, 3.8) is 0 Å². The summed E-state index contributed by atoms with van der Waals surface area (Å²) in [4.78, 5) is 35.1. The maximum absolute atomic E-state index is 12.7. The van der Waals surface area contributed by atoms with Crippen LogP contribution in [-0.2, 0) is 32.7 Å². The number of rotatable bonds is 47. The van der Waals surface area contributed by atoms with Crippen LogP contribution in [0.5, 0.6) is 0 Å². The van der Waals surface area contributed by atoms with Crippen molar-refractivity contribution in [2.75, 3.05) is 26.4 Å². The third kappa shape index (κ3) is 46.0. The number of allylic oxidation sites excluding steroid dienone is 6. The Morgan fingerprint density at radius 2 is 0.852 bits per heavy atom. The fourth-order valence-electron chi connectivity index (χ4n) is 6.94. The van der Waals surface area contributed by atoms with Crippen LogP contribution >= 0.6 is 7.82 Å². The van der Waals surface area contributed by atoms with Crippen LogP contribution in [0, 0.1) is 0 Å². The molecule has 0 aromatic rings. The fraction of sp³-hybridized carbons (Fsp3) is 0.840. The number of aliphatic hydroxyl groups is 2. The van der Waals surface area contributed by atoms with Crippen LogP contribution in [0.4, 0.5) is 0 Å². The van der Waals surface area contributed by atoms with Crippen molar-refractivity contribution in [1.82, 2.24) is 0 Å². The van der Waals surface area contributed by atoms with Gasteiger partial charge in [0.1, 0.15) is 12.7 Å². The van der Waals surface area contributed by atoms with Gasteiger partial charge in [-0.2, -0.15) is 0 Å². The highest BCUT2D eigenvalue weighted by molar-refractivity contribution is 7.47. The second-order valence-electron chi connectivity index (χ2n) is 16.8. The number of esters is 2. The van der Waals surface area contributed by atoms with Gasteiger partial charge < -0.3 is 24.6 Å². The van der Waals surface area contributed by atoms with E-state index in [0.29, 0.717) is 12.8 Å². The van der Waals surface area contributed by atoms with Crippen molar-refractivity contribution in [3.8, 4) is 0 Å². The van der Waals surface area contributed by atoms with Gasteiger partial charge in [-0.05, 0) is 51.4 Å². The minimum absolute atomic E-state index is 0.171. The molecule has 3 N–H and O–H groups in total. The molecule has 0 aliphatic rings. The van der Waals surface area contributed by atoms with E-state index in [9.17, 15) is 24.2 Å². The molecule has 11 heteroatoms. The second-order valence-corrected chi connectivity index (χ2v) is 18.3. The summed E-state index contributed by atoms with van der Waals surface area (Å²) < 4.78 is 32.8. The molecule has 0 aliphatic carbocycles. The zero-order valence-corrected chi connectivity index (χ0v) is 40.0. The highest BCUT2D eigenvalue weighted by atomic mass is 31.2. The van der Waals surface area contributed by atoms with Crippen LogP contribution in [0.1, 0.15) is 232 Å². The number of carbonyl (C=O) groups is 2. The molecule has 358 valence electrons. The molecule has 0 fully saturated rings. The number of phosphoric ester groups is 1. The van der Waals surface area contributed by atoms with E-state index in [1.165, 1.54) is 122 Å². The molecule has 0 saturated heterocycles. The average molecular weight is 885 g/mol. The van der Waals surface area contributed by atoms with E-state index in [2.05, 4.69) is 50.3 Å². The molecule has 0 aromatic heterocycles. The third-order valence-electron chi connectivity index (χ3n) is 10.8. The Hall–Kier alpha value is -1.81. The van der Waals surface area contributed by atoms with E-state index >= 15 is 0 Å². The van der Waals surface area contributed by atoms with Crippen LogP contribution in [-0.4, -0.2) is 65.7 Å². The summed E-state index contributed by atoms with van der Waals surface area (Å²) in [6.45, 7) is 2.38. The Balaban J connectivity index is 4.21. The topological polar surface area (TPSA) is 149 Å². The van der Waals surface area contributed by atoms with Gasteiger partial charge in [-0.3, -0.25) is 18.6 Å². The summed E-state index contributed by atoms with van der Waals surface area (Å²) in [5, 5.41) is 18.4. The van der Waals surface area contributed by atoms with Crippen LogP contribution < -0.4 is 0 Å². The van der Waals surface area contributed by atoms with E-state index in [4.69, 9.17) is 23.6 Å². The number of unbranched alkanes of at least 4 members (excludes halogenated alkanes) is 27. The van der Waals surface area contributed by atoms with Gasteiger partial charge in [-0.15, -0.1) is 0 Å². The van der Waals surface area contributed by atoms with Crippen molar-refractivity contribution in [2.24, 2.45) is 0 Å². The zero-order chi connectivity index (χ0) is 44.8. The van der Waals surface area contributed by atoms with Crippen molar-refractivity contribution >= 4 is 19.8 Å². The van der Waals surface area contributed by atoms with E-state index in [1.54, 1.807) is 0 Å². The second kappa shape index (κ2) is 46.2. The number of phosphoric acid groups is 1. The standard InChI is InChI=1S/C50H93O10P/c1-3-5-7-9-11-13-15-17-19-21-23-25-27-29-31-33-35-37-39-41-49(53)57-45-48(46-59-61(55,56)58-44-47(52)43-51)60-50(54)42-40-38-36-34-32-30-28-26-24-22-20-18-16-14-12-10-8-6-4-2/h12,14,18,20,24,26,47-48,51-52H,3-11,13,15-17,19,21-23,25,27-46H2,1-2H3,(H,55,56)/b14-12-,20-18-,26-24-. The molecule has 0 rings (SSSR count). The summed E-state index contributed by atoms with van der Waals surface area (Å²) in [5.41, 5.74) is 0. The minimum Gasteiger partial charge on any atom is -0.462 e. The van der Waals surface area contributed by atoms with Gasteiger partial charge >= 0.3 is 19.8 Å². The molecule has 0 amide bonds. The average Bonchev–Trinajstić information content (AvgIpc) is 3.25. The molecule has 61 heavy (non-hydrogen) atoms. The summed E-state index contributed by atoms with van der Waals surface area (Å²) >= 11 is 0. The Bertz CT molecular complexity index is 1110. The molecule has 0 heterocycles. The SMILES string of the molecule is CCCCC/C=C\C/C=C\C/C=C\CCCCCCCCC(=O)OC(COC(=O)CCCCCCCCCCCCCCCCCCCCC)COP(=O)(O)OCC(O)CO. The first-order chi connectivity index (χ1) is 29.7. The normalized spacial score (nSPS) is 14.0. The van der Waals surface area contributed by atoms with Crippen LogP contribution in [0.15, 0.2) is 36.5 Å². The third-order valence-corrected chi connectivity index (χ3v) is 11.7. The van der Waals surface area contributed by atoms with Gasteiger partial charge in [0.25, 0.3) is 0 Å². The molecule has 3 unspecified atom stereocenters. The highest BCUT2D eigenvalue weighted by Gasteiger charge is 2.27. The number of hydrogen-bond acceptors (Lipinski definition) is 9. The Kier molecular flexibility index (Phi) is 44.8. The highest BCUT2D eigenvalue weighted by Crippen LogP contribution is 2.43. The molecular weight excluding hydrogens is 792 g/mol. The summed E-state index contributed by atoms with van der Waals surface area (Å²) in [7, 11) is -4.62. The zero-order valence-electron chi connectivity index (χ0n) is 39.1. The first-order valence-corrected chi connectivity index (χ1v) is 26.4. The van der Waals surface area contributed by atoms with Crippen LogP contribution in [0.25, 0.3) is 0 Å². The number of ether oxygens (including phenoxy) is 2. The number of carbonyl (C=O) groups excluding carboxylic acids is 2. The maximum Gasteiger partial charge on any atom is 0.472 e. The number of hydrogen-bond donors (Lipinski definition) is 3. The lowest BCUT2D eigenvalue weighted by molar-refractivity contribution is -0.161. The summed E-state index contributed by atoms with van der Waals surface area (Å²) in [5.74, 6) is -0.929. The molecule has 3 atom stereocenters. The van der Waals surface area contributed by atoms with Crippen molar-refractivity contribution in [2.45, 2.75) is 244 Å². The molecule has 0 bridgehead atoms. The quantitative estimate of drug-likeness (QED) is 0.0233. The predicted molar refractivity (Wildman–Crippen MR) is 251 cm³/mol. The van der Waals surface area contributed by atoms with Crippen LogP contribution in [0.3, 0.4) is 0 Å². The van der Waals surface area contributed by atoms with Crippen LogP contribution in [0.2, 0.25) is 0 Å². The minimum atomic E-state index is -4.62. The molecule has 0 aromatic carbocycles. The number of aliphatic hydroxyl groups excluding tert-OH is 2. The van der Waals surface area contributed by atoms with Crippen molar-refractivity contribution in [3.05, 3.63) is 36.5 Å². The summed E-state index contributed by atoms with van der Waals surface area (Å²) in [6, 6.07) is 0. The molecular formula is C50H93O10P. The lowest BCUT2D eigenvalue weighted by Gasteiger charge is -2.20. The molecule has 0 spiro atoms. The fourth-order valence-corrected chi connectivity index (χ4v) is 7.73. The van der Waals surface area contributed by atoms with Gasteiger partial charge in [0, 0.05) is 12.8 Å². The smallest absolute Gasteiger partial charge is 0.462 e. The first-order valence-electron chi connectivity index (χ1n) is 24.9. The Morgan fingerprint density at radius 3 is 1.31 bits per heavy atom. The Morgan fingerprint density at radius 1 is 0.492 bits per heavy atom. The van der Waals surface area contributed by atoms with E-state index in [0.717, 1.165) is 70.6 Å². The van der Waals surface area contributed by atoms with E-state index < -0.39 is 51.8 Å². The first kappa shape index (κ1) is 59.2. The molecule has 0 saturated carbocycles. The lowest BCUT2D eigenvalue weighted by atomic mass is 10.0. The van der Waals surface area contributed by atoms with Gasteiger partial charge in [0.15, 0.2) is 6.10 Å². The van der Waals surface area contributed by atoms with Gasteiger partial charge in [0.05, 0.1) is 19.8 Å². The van der Waals surface area contributed by atoms with Crippen molar-refractivity contribution in [1.29, 1.82) is 0 Å². The van der Waals surface area contributed by atoms with Gasteiger partial charge in [-0.25, -0.2) is 4.57 Å². The van der Waals surface area contributed by atoms with E-state index in [-0.39, 0.29) is 19.4 Å². The van der Waals surface area contributed by atoms with E-state index in [1.807, 2.05) is 0 Å². The largest absolute Gasteiger partial charge is 0.472 e. The lowest BCUT2D eigenvalue weighted by Crippen LogP contribution is -2.29. The molecule has 0 aliphatic heterocycles. The molecule has 0 radical (unpaired) electrons. The maximum atomic E-state index is 12.7. The monoisotopic (exact) mass is 885 g/mol. The predicted octanol–water partition coefficient (Wildman–Crippen LogP) is 13.9. The van der Waals surface area contributed by atoms with Crippen molar-refractivity contribution < 1.29 is 47.8 Å². The molecule has 10 nitrogen and oxygen atoms in total.